The Labute approximate surface area is 144 Å². The number of anilines is 1. The van der Waals surface area contributed by atoms with E-state index in [1.165, 1.54) is 0 Å². The van der Waals surface area contributed by atoms with Crippen LogP contribution in [-0.4, -0.2) is 16.9 Å². The molecule has 126 valence electrons. The van der Waals surface area contributed by atoms with Crippen LogP contribution >= 0.6 is 11.3 Å². The minimum atomic E-state index is -0.223. The van der Waals surface area contributed by atoms with E-state index in [9.17, 15) is 9.59 Å². The summed E-state index contributed by atoms with van der Waals surface area (Å²) in [5.74, 6) is 0.0538. The number of aromatic nitrogens is 1. The molecule has 0 saturated carbocycles. The highest BCUT2D eigenvalue weighted by atomic mass is 32.1. The Morgan fingerprint density at radius 2 is 2.25 bits per heavy atom. The van der Waals surface area contributed by atoms with Gasteiger partial charge in [-0.25, -0.2) is 9.78 Å². The van der Waals surface area contributed by atoms with Gasteiger partial charge in [-0.3, -0.25) is 4.79 Å². The Morgan fingerprint density at radius 1 is 1.42 bits per heavy atom. The molecule has 0 radical (unpaired) electrons. The van der Waals surface area contributed by atoms with Crippen molar-refractivity contribution < 1.29 is 9.59 Å². The first-order chi connectivity index (χ1) is 11.5. The van der Waals surface area contributed by atoms with Crippen LogP contribution in [0.2, 0.25) is 0 Å². The zero-order valence-corrected chi connectivity index (χ0v) is 14.5. The van der Waals surface area contributed by atoms with E-state index in [2.05, 4.69) is 20.9 Å². The molecule has 6 nitrogen and oxygen atoms in total. The van der Waals surface area contributed by atoms with Gasteiger partial charge in [0.05, 0.1) is 23.3 Å². The molecule has 2 heterocycles. The molecule has 0 aliphatic carbocycles. The SMILES string of the molecule is Cc1nc(CNC(=O)N[C@H](C)c2ccc3c(c2)CCC(=O)N3)cs1. The third-order valence-corrected chi connectivity index (χ3v) is 4.79. The van der Waals surface area contributed by atoms with Crippen molar-refractivity contribution in [2.75, 3.05) is 5.32 Å². The first kappa shape index (κ1) is 16.4. The van der Waals surface area contributed by atoms with E-state index in [1.54, 1.807) is 11.3 Å². The fraction of sp³-hybridized carbons (Fsp3) is 0.353. The number of carbonyl (C=O) groups is 2. The molecule has 0 spiro atoms. The topological polar surface area (TPSA) is 83.1 Å². The number of nitrogens with one attached hydrogen (secondary N) is 3. The molecular formula is C17H20N4O2S. The predicted molar refractivity (Wildman–Crippen MR) is 94.0 cm³/mol. The lowest BCUT2D eigenvalue weighted by molar-refractivity contribution is -0.116. The third-order valence-electron chi connectivity index (χ3n) is 3.97. The number of fused-ring (bicyclic) bond motifs is 1. The van der Waals surface area contributed by atoms with Gasteiger partial charge in [-0.2, -0.15) is 0 Å². The number of thiazole rings is 1. The molecule has 3 rings (SSSR count). The van der Waals surface area contributed by atoms with Crippen molar-refractivity contribution in [3.05, 3.63) is 45.4 Å². The summed E-state index contributed by atoms with van der Waals surface area (Å²) >= 11 is 1.57. The lowest BCUT2D eigenvalue weighted by Gasteiger charge is -2.20. The average Bonchev–Trinajstić information content (AvgIpc) is 2.98. The second-order valence-corrected chi connectivity index (χ2v) is 6.93. The Balaban J connectivity index is 1.57. The first-order valence-corrected chi connectivity index (χ1v) is 8.77. The molecule has 1 atom stereocenters. The van der Waals surface area contributed by atoms with Crippen molar-refractivity contribution in [1.29, 1.82) is 0 Å². The molecule has 0 bridgehead atoms. The fourth-order valence-corrected chi connectivity index (χ4v) is 3.28. The maximum absolute atomic E-state index is 12.0. The Morgan fingerprint density at radius 3 is 3.00 bits per heavy atom. The van der Waals surface area contributed by atoms with E-state index in [0.717, 1.165) is 33.9 Å². The van der Waals surface area contributed by atoms with Crippen LogP contribution in [0.15, 0.2) is 23.6 Å². The van der Waals surface area contributed by atoms with Gasteiger partial charge < -0.3 is 16.0 Å². The van der Waals surface area contributed by atoms with Crippen LogP contribution in [0, 0.1) is 6.92 Å². The summed E-state index contributed by atoms with van der Waals surface area (Å²) in [5, 5.41) is 11.5. The zero-order chi connectivity index (χ0) is 17.1. The van der Waals surface area contributed by atoms with E-state index in [1.807, 2.05) is 37.4 Å². The summed E-state index contributed by atoms with van der Waals surface area (Å²) < 4.78 is 0. The summed E-state index contributed by atoms with van der Waals surface area (Å²) in [7, 11) is 0. The lowest BCUT2D eigenvalue weighted by atomic mass is 9.98. The minimum absolute atomic E-state index is 0.0538. The van der Waals surface area contributed by atoms with Crippen LogP contribution in [0.4, 0.5) is 10.5 Å². The van der Waals surface area contributed by atoms with Gasteiger partial charge in [-0.1, -0.05) is 12.1 Å². The van der Waals surface area contributed by atoms with Crippen LogP contribution < -0.4 is 16.0 Å². The second-order valence-electron chi connectivity index (χ2n) is 5.87. The molecule has 7 heteroatoms. The normalized spacial score (nSPS) is 14.5. The molecular weight excluding hydrogens is 324 g/mol. The number of urea groups is 1. The van der Waals surface area contributed by atoms with Gasteiger partial charge in [-0.15, -0.1) is 11.3 Å². The van der Waals surface area contributed by atoms with E-state index in [-0.39, 0.29) is 18.0 Å². The van der Waals surface area contributed by atoms with Gasteiger partial charge in [0.2, 0.25) is 5.91 Å². The van der Waals surface area contributed by atoms with E-state index in [0.29, 0.717) is 13.0 Å². The molecule has 3 N–H and O–H groups in total. The number of benzene rings is 1. The predicted octanol–water partition coefficient (Wildman–Crippen LogP) is 2.90. The van der Waals surface area contributed by atoms with Crippen LogP contribution in [-0.2, 0) is 17.8 Å². The number of amides is 3. The molecule has 3 amide bonds. The van der Waals surface area contributed by atoms with Crippen LogP contribution in [0.25, 0.3) is 0 Å². The molecule has 0 unspecified atom stereocenters. The molecule has 1 aliphatic heterocycles. The standard InChI is InChI=1S/C17H20N4O2S/c1-10(19-17(23)18-8-14-9-24-11(2)20-14)12-3-5-15-13(7-12)4-6-16(22)21-15/h3,5,7,9-10H,4,6,8H2,1-2H3,(H,21,22)(H2,18,19,23)/t10-/m1/s1. The van der Waals surface area contributed by atoms with Crippen molar-refractivity contribution in [3.63, 3.8) is 0 Å². The van der Waals surface area contributed by atoms with Crippen molar-refractivity contribution in [3.8, 4) is 0 Å². The highest BCUT2D eigenvalue weighted by Crippen LogP contribution is 2.26. The number of nitrogens with zero attached hydrogens (tertiary/aromatic N) is 1. The molecule has 0 fully saturated rings. The van der Waals surface area contributed by atoms with Crippen LogP contribution in [0.5, 0.6) is 0 Å². The second kappa shape index (κ2) is 7.00. The Bertz CT molecular complexity index is 772. The molecule has 0 saturated heterocycles. The highest BCUT2D eigenvalue weighted by molar-refractivity contribution is 7.09. The lowest BCUT2D eigenvalue weighted by Crippen LogP contribution is -2.36. The third kappa shape index (κ3) is 3.91. The summed E-state index contributed by atoms with van der Waals surface area (Å²) in [6.07, 6.45) is 1.24. The average molecular weight is 344 g/mol. The molecule has 2 aromatic rings. The Hall–Kier alpha value is -2.41. The van der Waals surface area contributed by atoms with Gasteiger partial charge in [-0.05, 0) is 37.5 Å². The molecule has 1 aromatic carbocycles. The van der Waals surface area contributed by atoms with Gasteiger partial charge in [0.15, 0.2) is 0 Å². The van der Waals surface area contributed by atoms with E-state index < -0.39 is 0 Å². The van der Waals surface area contributed by atoms with Crippen LogP contribution in [0.1, 0.15) is 41.2 Å². The van der Waals surface area contributed by atoms with Crippen molar-refractivity contribution >= 4 is 29.0 Å². The van der Waals surface area contributed by atoms with Crippen LogP contribution in [0.3, 0.4) is 0 Å². The number of carbonyl (C=O) groups excluding carboxylic acids is 2. The van der Waals surface area contributed by atoms with Crippen molar-refractivity contribution in [2.24, 2.45) is 0 Å². The Kier molecular flexibility index (Phi) is 4.80. The van der Waals surface area contributed by atoms with Gasteiger partial charge in [0.1, 0.15) is 0 Å². The zero-order valence-electron chi connectivity index (χ0n) is 13.7. The fourth-order valence-electron chi connectivity index (χ4n) is 2.66. The number of rotatable bonds is 4. The number of hydrogen-bond donors (Lipinski definition) is 3. The summed E-state index contributed by atoms with van der Waals surface area (Å²) in [4.78, 5) is 27.8. The summed E-state index contributed by atoms with van der Waals surface area (Å²) in [6, 6.07) is 5.53. The summed E-state index contributed by atoms with van der Waals surface area (Å²) in [6.45, 7) is 4.30. The van der Waals surface area contributed by atoms with Gasteiger partial charge in [0.25, 0.3) is 0 Å². The monoisotopic (exact) mass is 344 g/mol. The largest absolute Gasteiger partial charge is 0.332 e. The van der Waals surface area contributed by atoms with Gasteiger partial charge in [0, 0.05) is 17.5 Å². The van der Waals surface area contributed by atoms with E-state index >= 15 is 0 Å². The summed E-state index contributed by atoms with van der Waals surface area (Å²) in [5.41, 5.74) is 3.86. The smallest absolute Gasteiger partial charge is 0.315 e. The minimum Gasteiger partial charge on any atom is -0.332 e. The van der Waals surface area contributed by atoms with Crippen molar-refractivity contribution in [1.82, 2.24) is 15.6 Å². The van der Waals surface area contributed by atoms with E-state index in [4.69, 9.17) is 0 Å². The first-order valence-electron chi connectivity index (χ1n) is 7.89. The van der Waals surface area contributed by atoms with Crippen molar-refractivity contribution in [2.45, 2.75) is 39.3 Å². The molecule has 24 heavy (non-hydrogen) atoms. The number of hydrogen-bond acceptors (Lipinski definition) is 4. The maximum Gasteiger partial charge on any atom is 0.315 e. The molecule has 1 aliphatic rings. The highest BCUT2D eigenvalue weighted by Gasteiger charge is 2.17. The quantitative estimate of drug-likeness (QED) is 0.797. The van der Waals surface area contributed by atoms with Gasteiger partial charge >= 0.3 is 6.03 Å². The maximum atomic E-state index is 12.0. The number of aryl methyl sites for hydroxylation is 2. The molecule has 1 aromatic heterocycles.